The maximum atomic E-state index is 14.8. The number of benzene rings is 3. The summed E-state index contributed by atoms with van der Waals surface area (Å²) in [5, 5.41) is -0.630. The molecular weight excluding hydrogens is 597 g/mol. The average Bonchev–Trinajstić information content (AvgIpc) is 3.24. The zero-order chi connectivity index (χ0) is 29.5. The van der Waals surface area contributed by atoms with Crippen LogP contribution in [0.2, 0.25) is 5.02 Å². The van der Waals surface area contributed by atoms with Gasteiger partial charge < -0.3 is 9.26 Å². The minimum atomic E-state index is -5.01. The van der Waals surface area contributed by atoms with Gasteiger partial charge in [-0.05, 0) is 67.9 Å². The molecule has 0 radical (unpaired) electrons. The Balaban J connectivity index is 2.06. The fourth-order valence-corrected chi connectivity index (χ4v) is 9.41. The molecule has 1 aliphatic heterocycles. The van der Waals surface area contributed by atoms with Crippen LogP contribution in [0.4, 0.5) is 23.2 Å². The second-order valence-corrected chi connectivity index (χ2v) is 13.4. The Morgan fingerprint density at radius 3 is 2.30 bits per heavy atom. The SMILES string of the molecule is CCOC(=O)C1C(P(=O)(OCC)c2cc(F)cc(C(F)(F)F)c2)c2cc(Cl)ccc2N1S(=O)(=O)c1ccccc1. The fourth-order valence-electron chi connectivity index (χ4n) is 4.64. The molecule has 3 aromatic carbocycles. The number of alkyl halides is 3. The van der Waals surface area contributed by atoms with E-state index in [1.807, 2.05) is 0 Å². The van der Waals surface area contributed by atoms with Crippen molar-refractivity contribution in [3.8, 4) is 0 Å². The number of carbonyl (C=O) groups is 1. The third-order valence-electron chi connectivity index (χ3n) is 6.18. The van der Waals surface area contributed by atoms with Crippen molar-refractivity contribution in [3.05, 3.63) is 88.7 Å². The average molecular weight is 620 g/mol. The summed E-state index contributed by atoms with van der Waals surface area (Å²) in [7, 11) is -9.28. The molecule has 14 heteroatoms. The van der Waals surface area contributed by atoms with Crippen molar-refractivity contribution >= 4 is 46.0 Å². The lowest BCUT2D eigenvalue weighted by molar-refractivity contribution is -0.144. The quantitative estimate of drug-likeness (QED) is 0.167. The van der Waals surface area contributed by atoms with Gasteiger partial charge in [-0.2, -0.15) is 13.2 Å². The summed E-state index contributed by atoms with van der Waals surface area (Å²) in [6.07, 6.45) is -5.01. The van der Waals surface area contributed by atoms with Crippen LogP contribution in [0.5, 0.6) is 0 Å². The highest BCUT2D eigenvalue weighted by Gasteiger charge is 2.58. The number of nitrogens with zero attached hydrogens (tertiary/aromatic N) is 1. The number of anilines is 1. The number of rotatable bonds is 8. The largest absolute Gasteiger partial charge is 0.464 e. The second-order valence-electron chi connectivity index (χ2n) is 8.67. The third kappa shape index (κ3) is 5.37. The molecule has 0 amide bonds. The molecule has 3 unspecified atom stereocenters. The molecule has 0 saturated heterocycles. The number of sulfonamides is 1. The molecule has 1 heterocycles. The Hall–Kier alpha value is -2.92. The first-order valence-electron chi connectivity index (χ1n) is 11.9. The number of fused-ring (bicyclic) bond motifs is 1. The summed E-state index contributed by atoms with van der Waals surface area (Å²) in [4.78, 5) is 13.3. The normalized spacial score (nSPS) is 18.7. The molecule has 0 fully saturated rings. The van der Waals surface area contributed by atoms with E-state index in [2.05, 4.69) is 0 Å². The number of carbonyl (C=O) groups excluding carboxylic acids is 1. The lowest BCUT2D eigenvalue weighted by Gasteiger charge is -2.32. The van der Waals surface area contributed by atoms with Crippen LogP contribution < -0.4 is 9.61 Å². The first-order chi connectivity index (χ1) is 18.8. The zero-order valence-electron chi connectivity index (χ0n) is 21.1. The van der Waals surface area contributed by atoms with E-state index in [-0.39, 0.29) is 40.4 Å². The summed E-state index contributed by atoms with van der Waals surface area (Å²) in [6, 6.07) is 10.4. The van der Waals surface area contributed by atoms with Crippen LogP contribution in [0.3, 0.4) is 0 Å². The predicted octanol–water partition coefficient (Wildman–Crippen LogP) is 6.32. The summed E-state index contributed by atoms with van der Waals surface area (Å²) >= 11 is 6.22. The third-order valence-corrected chi connectivity index (χ3v) is 11.1. The van der Waals surface area contributed by atoms with E-state index < -0.39 is 57.9 Å². The molecular formula is C26H23ClF4NO6PS. The maximum absolute atomic E-state index is 14.8. The molecule has 4 rings (SSSR count). The molecule has 7 nitrogen and oxygen atoms in total. The monoisotopic (exact) mass is 619 g/mol. The lowest BCUT2D eigenvalue weighted by atomic mass is 10.1. The Bertz CT molecular complexity index is 1590. The van der Waals surface area contributed by atoms with Crippen LogP contribution >= 0.6 is 19.0 Å². The Labute approximate surface area is 233 Å². The van der Waals surface area contributed by atoms with Gasteiger partial charge in [-0.3, -0.25) is 8.87 Å². The van der Waals surface area contributed by atoms with Crippen LogP contribution in [0.1, 0.15) is 30.6 Å². The Kier molecular flexibility index (Phi) is 8.38. The van der Waals surface area contributed by atoms with Crippen molar-refractivity contribution in [1.29, 1.82) is 0 Å². The molecule has 0 aliphatic carbocycles. The van der Waals surface area contributed by atoms with Crippen LogP contribution in [-0.4, -0.2) is 33.6 Å². The molecule has 0 spiro atoms. The zero-order valence-corrected chi connectivity index (χ0v) is 23.5. The molecule has 3 aromatic rings. The van der Waals surface area contributed by atoms with E-state index in [4.69, 9.17) is 20.9 Å². The smallest absolute Gasteiger partial charge is 0.416 e. The minimum absolute atomic E-state index is 0.0559. The highest BCUT2D eigenvalue weighted by Crippen LogP contribution is 2.66. The van der Waals surface area contributed by atoms with Gasteiger partial charge in [-0.25, -0.2) is 17.6 Å². The standard InChI is InChI=1S/C26H23ClF4NO6PS/c1-3-37-25(33)23-24(39(34,38-4-2)19-13-16(26(29,30)31)12-18(28)15-19)21-14-17(27)10-11-22(21)32(23)40(35,36)20-8-6-5-7-9-20/h5-15,23-24H,3-4H2,1-2H3. The topological polar surface area (TPSA) is 90.0 Å². The van der Waals surface area contributed by atoms with E-state index >= 15 is 0 Å². The maximum Gasteiger partial charge on any atom is 0.416 e. The fraction of sp³-hybridized carbons (Fsp3) is 0.269. The van der Waals surface area contributed by atoms with E-state index in [0.29, 0.717) is 16.4 Å². The van der Waals surface area contributed by atoms with Crippen molar-refractivity contribution in [2.24, 2.45) is 0 Å². The van der Waals surface area contributed by atoms with Gasteiger partial charge >= 0.3 is 12.1 Å². The van der Waals surface area contributed by atoms with Crippen molar-refractivity contribution in [2.75, 3.05) is 17.5 Å². The highest BCUT2D eigenvalue weighted by molar-refractivity contribution is 7.93. The number of hydrogen-bond acceptors (Lipinski definition) is 6. The Morgan fingerprint density at radius 2 is 1.70 bits per heavy atom. The Morgan fingerprint density at radius 1 is 1.02 bits per heavy atom. The number of ether oxygens (including phenoxy) is 1. The summed E-state index contributed by atoms with van der Waals surface area (Å²) in [6.45, 7) is 2.34. The van der Waals surface area contributed by atoms with Gasteiger partial charge in [0.25, 0.3) is 10.0 Å². The molecule has 40 heavy (non-hydrogen) atoms. The van der Waals surface area contributed by atoms with E-state index in [0.717, 1.165) is 0 Å². The summed E-state index contributed by atoms with van der Waals surface area (Å²) in [5.41, 5.74) is -3.34. The molecule has 1 aliphatic rings. The molecule has 0 aromatic heterocycles. The first-order valence-corrected chi connectivity index (χ1v) is 15.4. The van der Waals surface area contributed by atoms with Crippen LogP contribution in [0.25, 0.3) is 0 Å². The van der Waals surface area contributed by atoms with E-state index in [9.17, 15) is 35.3 Å². The van der Waals surface area contributed by atoms with Crippen LogP contribution in [-0.2, 0) is 34.8 Å². The first kappa shape index (κ1) is 30.0. The van der Waals surface area contributed by atoms with Gasteiger partial charge in [-0.15, -0.1) is 0 Å². The molecule has 214 valence electrons. The molecule has 0 bridgehead atoms. The minimum Gasteiger partial charge on any atom is -0.464 e. The van der Waals surface area contributed by atoms with Gasteiger partial charge in [0.2, 0.25) is 7.37 Å². The van der Waals surface area contributed by atoms with Gasteiger partial charge in [0, 0.05) is 10.3 Å². The highest BCUT2D eigenvalue weighted by atomic mass is 35.5. The predicted molar refractivity (Wildman–Crippen MR) is 141 cm³/mol. The number of hydrogen-bond donors (Lipinski definition) is 0. The van der Waals surface area contributed by atoms with Gasteiger partial charge in [0.15, 0.2) is 6.04 Å². The van der Waals surface area contributed by atoms with Crippen LogP contribution in [0, 0.1) is 5.82 Å². The summed E-state index contributed by atoms with van der Waals surface area (Å²) < 4.78 is 110. The number of esters is 1. The van der Waals surface area contributed by atoms with Gasteiger partial charge in [0.1, 0.15) is 5.82 Å². The van der Waals surface area contributed by atoms with Crippen molar-refractivity contribution in [3.63, 3.8) is 0 Å². The van der Waals surface area contributed by atoms with Crippen molar-refractivity contribution < 1.29 is 44.6 Å². The molecule has 0 saturated carbocycles. The molecule has 3 atom stereocenters. The van der Waals surface area contributed by atoms with Gasteiger partial charge in [-0.1, -0.05) is 29.8 Å². The van der Waals surface area contributed by atoms with E-state index in [1.165, 1.54) is 56.3 Å². The van der Waals surface area contributed by atoms with Crippen LogP contribution in [0.15, 0.2) is 71.6 Å². The lowest BCUT2D eigenvalue weighted by Crippen LogP contribution is -2.46. The van der Waals surface area contributed by atoms with E-state index in [1.54, 1.807) is 6.07 Å². The summed E-state index contributed by atoms with van der Waals surface area (Å²) in [5.74, 6) is -2.48. The van der Waals surface area contributed by atoms with Crippen molar-refractivity contribution in [2.45, 2.75) is 36.6 Å². The second kappa shape index (κ2) is 11.2. The number of halogens is 5. The van der Waals surface area contributed by atoms with Gasteiger partial charge in [0.05, 0.1) is 35.0 Å². The molecule has 0 N–H and O–H groups in total. The van der Waals surface area contributed by atoms with Crippen molar-refractivity contribution in [1.82, 2.24) is 0 Å².